The minimum atomic E-state index is -3.62. The van der Waals surface area contributed by atoms with Crippen molar-refractivity contribution in [3.63, 3.8) is 0 Å². The van der Waals surface area contributed by atoms with Gasteiger partial charge in [0.15, 0.2) is 15.7 Å². The Kier molecular flexibility index (Phi) is 9.12. The van der Waals surface area contributed by atoms with Crippen molar-refractivity contribution in [2.24, 2.45) is 0 Å². The molecule has 11 heteroatoms. The summed E-state index contributed by atoms with van der Waals surface area (Å²) in [6.45, 7) is 2.45. The maximum atomic E-state index is 12.9. The zero-order valence-electron chi connectivity index (χ0n) is 19.6. The molecule has 1 atom stereocenters. The highest BCUT2D eigenvalue weighted by Crippen LogP contribution is 2.23. The Bertz CT molecular complexity index is 1220. The fourth-order valence-corrected chi connectivity index (χ4v) is 4.40. The van der Waals surface area contributed by atoms with Crippen LogP contribution in [0.1, 0.15) is 12.6 Å². The van der Waals surface area contributed by atoms with Crippen LogP contribution in [0.2, 0.25) is 0 Å². The molecule has 0 aliphatic rings. The lowest BCUT2D eigenvalue weighted by Crippen LogP contribution is -2.31. The number of aromatic nitrogens is 2. The van der Waals surface area contributed by atoms with Crippen molar-refractivity contribution in [3.05, 3.63) is 66.4 Å². The molecule has 0 aliphatic carbocycles. The highest BCUT2D eigenvalue weighted by Gasteiger charge is 2.18. The first-order valence-corrected chi connectivity index (χ1v) is 12.6. The molecule has 1 heterocycles. The number of sulfone groups is 1. The highest BCUT2D eigenvalue weighted by molar-refractivity contribution is 7.90. The Morgan fingerprint density at radius 3 is 2.46 bits per heavy atom. The molecule has 0 fully saturated rings. The summed E-state index contributed by atoms with van der Waals surface area (Å²) in [5.74, 6) is 0.403. The number of aliphatic hydroxyl groups is 1. The zero-order chi connectivity index (χ0) is 25.3. The van der Waals surface area contributed by atoms with Gasteiger partial charge in [0.25, 0.3) is 0 Å². The lowest BCUT2D eigenvalue weighted by Gasteiger charge is -2.14. The summed E-state index contributed by atoms with van der Waals surface area (Å²) in [5.41, 5.74) is 1.51. The third-order valence-electron chi connectivity index (χ3n) is 4.88. The molecule has 1 aromatic heterocycles. The van der Waals surface area contributed by atoms with E-state index in [0.717, 1.165) is 0 Å². The van der Waals surface area contributed by atoms with Crippen molar-refractivity contribution >= 4 is 27.4 Å². The third-order valence-corrected chi connectivity index (χ3v) is 6.55. The second-order valence-electron chi connectivity index (χ2n) is 7.82. The van der Waals surface area contributed by atoms with Gasteiger partial charge in [-0.1, -0.05) is 18.2 Å². The van der Waals surface area contributed by atoms with Gasteiger partial charge in [-0.25, -0.2) is 23.2 Å². The Morgan fingerprint density at radius 1 is 1.09 bits per heavy atom. The number of carbonyl (C=O) groups is 1. The fourth-order valence-electron chi connectivity index (χ4n) is 3.12. The number of hydrogen-bond donors (Lipinski definition) is 4. The molecule has 0 bridgehead atoms. The lowest BCUT2D eigenvalue weighted by atomic mass is 10.2. The number of urea groups is 1. The molecule has 35 heavy (non-hydrogen) atoms. The quantitative estimate of drug-likeness (QED) is 0.295. The van der Waals surface area contributed by atoms with Crippen LogP contribution in [0.15, 0.2) is 65.6 Å². The molecule has 2 aromatic carbocycles. The normalized spacial score (nSPS) is 12.1. The molecule has 2 amide bonds. The van der Waals surface area contributed by atoms with Gasteiger partial charge in [0.05, 0.1) is 29.6 Å². The van der Waals surface area contributed by atoms with E-state index in [9.17, 15) is 18.3 Å². The first kappa shape index (κ1) is 26.1. The van der Waals surface area contributed by atoms with E-state index in [0.29, 0.717) is 41.7 Å². The summed E-state index contributed by atoms with van der Waals surface area (Å²) in [5, 5.41) is 17.9. The number of methoxy groups -OCH3 is 1. The van der Waals surface area contributed by atoms with E-state index in [-0.39, 0.29) is 29.3 Å². The van der Waals surface area contributed by atoms with E-state index in [2.05, 4.69) is 25.9 Å². The first-order valence-electron chi connectivity index (χ1n) is 11.0. The SMILES string of the molecule is COCCNC(=O)Nc1ccc(-c2nc(CS(=O)(=O)c3ccccc3)cc(N[C@@H](C)CO)n2)cc1. The number of amides is 2. The van der Waals surface area contributed by atoms with Crippen molar-refractivity contribution in [2.75, 3.05) is 37.5 Å². The standard InChI is InChI=1S/C24H29N5O5S/c1-17(15-30)26-22-14-20(16-35(32,33)21-6-4-3-5-7-21)27-23(29-22)18-8-10-19(11-9-18)28-24(31)25-12-13-34-2/h3-11,14,17,30H,12-13,15-16H2,1-2H3,(H2,25,28,31)(H,26,27,29)/t17-/m0/s1. The van der Waals surface area contributed by atoms with Crippen LogP contribution in [0.3, 0.4) is 0 Å². The van der Waals surface area contributed by atoms with Gasteiger partial charge in [0.2, 0.25) is 0 Å². The predicted octanol–water partition coefficient (Wildman–Crippen LogP) is 2.68. The summed E-state index contributed by atoms with van der Waals surface area (Å²) in [6.07, 6.45) is 0. The van der Waals surface area contributed by atoms with Gasteiger partial charge in [0, 0.05) is 37.0 Å². The van der Waals surface area contributed by atoms with Crippen LogP contribution in [-0.4, -0.2) is 62.4 Å². The summed E-state index contributed by atoms with van der Waals surface area (Å²) >= 11 is 0. The van der Waals surface area contributed by atoms with Crippen molar-refractivity contribution in [1.82, 2.24) is 15.3 Å². The maximum Gasteiger partial charge on any atom is 0.319 e. The van der Waals surface area contributed by atoms with Crippen molar-refractivity contribution in [3.8, 4) is 11.4 Å². The van der Waals surface area contributed by atoms with Gasteiger partial charge in [-0.05, 0) is 43.3 Å². The maximum absolute atomic E-state index is 12.9. The van der Waals surface area contributed by atoms with Crippen LogP contribution in [0.25, 0.3) is 11.4 Å². The van der Waals surface area contributed by atoms with E-state index in [1.54, 1.807) is 74.7 Å². The number of ether oxygens (including phenoxy) is 1. The minimum Gasteiger partial charge on any atom is -0.394 e. The molecule has 3 rings (SSSR count). The van der Waals surface area contributed by atoms with Crippen LogP contribution in [-0.2, 0) is 20.3 Å². The number of carbonyl (C=O) groups excluding carboxylic acids is 1. The average molecular weight is 500 g/mol. The number of aliphatic hydroxyl groups excluding tert-OH is 1. The Hall–Kier alpha value is -3.54. The van der Waals surface area contributed by atoms with Gasteiger partial charge < -0.3 is 25.8 Å². The van der Waals surface area contributed by atoms with Gasteiger partial charge in [0.1, 0.15) is 5.82 Å². The summed E-state index contributed by atoms with van der Waals surface area (Å²) in [7, 11) is -2.07. The molecule has 4 N–H and O–H groups in total. The number of nitrogens with zero attached hydrogens (tertiary/aromatic N) is 2. The van der Waals surface area contributed by atoms with Gasteiger partial charge in [-0.3, -0.25) is 0 Å². The number of anilines is 2. The molecule has 0 unspecified atom stereocenters. The first-order chi connectivity index (χ1) is 16.8. The van der Waals surface area contributed by atoms with Gasteiger partial charge in [-0.15, -0.1) is 0 Å². The lowest BCUT2D eigenvalue weighted by molar-refractivity contribution is 0.198. The van der Waals surface area contributed by atoms with E-state index >= 15 is 0 Å². The highest BCUT2D eigenvalue weighted by atomic mass is 32.2. The van der Waals surface area contributed by atoms with Crippen LogP contribution in [0, 0.1) is 0 Å². The molecule has 0 spiro atoms. The number of nitrogens with one attached hydrogen (secondary N) is 3. The Labute approximate surface area is 204 Å². The van der Waals surface area contributed by atoms with Crippen LogP contribution in [0.4, 0.5) is 16.3 Å². The zero-order valence-corrected chi connectivity index (χ0v) is 20.4. The van der Waals surface area contributed by atoms with Crippen LogP contribution >= 0.6 is 0 Å². The average Bonchev–Trinajstić information content (AvgIpc) is 2.84. The number of rotatable bonds is 11. The molecular weight excluding hydrogens is 470 g/mol. The van der Waals surface area contributed by atoms with E-state index < -0.39 is 9.84 Å². The van der Waals surface area contributed by atoms with Gasteiger partial charge in [-0.2, -0.15) is 0 Å². The van der Waals surface area contributed by atoms with Gasteiger partial charge >= 0.3 is 6.03 Å². The molecule has 0 saturated carbocycles. The molecule has 3 aromatic rings. The van der Waals surface area contributed by atoms with E-state index in [1.807, 2.05) is 0 Å². The largest absolute Gasteiger partial charge is 0.394 e. The molecule has 186 valence electrons. The molecule has 0 radical (unpaired) electrons. The Balaban J connectivity index is 1.85. The van der Waals surface area contributed by atoms with Crippen molar-refractivity contribution in [1.29, 1.82) is 0 Å². The molecule has 0 aliphatic heterocycles. The second kappa shape index (κ2) is 12.2. The van der Waals surface area contributed by atoms with Crippen molar-refractivity contribution < 1.29 is 23.1 Å². The molecule has 0 saturated heterocycles. The topological polar surface area (TPSA) is 143 Å². The van der Waals surface area contributed by atoms with E-state index in [1.165, 1.54) is 0 Å². The summed E-state index contributed by atoms with van der Waals surface area (Å²) in [6, 6.07) is 16.0. The van der Waals surface area contributed by atoms with Crippen molar-refractivity contribution in [2.45, 2.75) is 23.6 Å². The molecular formula is C24H29N5O5S. The molecule has 10 nitrogen and oxygen atoms in total. The Morgan fingerprint density at radius 2 is 1.80 bits per heavy atom. The second-order valence-corrected chi connectivity index (χ2v) is 9.81. The third kappa shape index (κ3) is 7.74. The van der Waals surface area contributed by atoms with Crippen LogP contribution < -0.4 is 16.0 Å². The number of hydrogen-bond acceptors (Lipinski definition) is 8. The number of benzene rings is 2. The predicted molar refractivity (Wildman–Crippen MR) is 134 cm³/mol. The minimum absolute atomic E-state index is 0.121. The fraction of sp³-hybridized carbons (Fsp3) is 0.292. The smallest absolute Gasteiger partial charge is 0.319 e. The summed E-state index contributed by atoms with van der Waals surface area (Å²) in [4.78, 5) is 21.1. The monoisotopic (exact) mass is 499 g/mol. The van der Waals surface area contributed by atoms with Crippen LogP contribution in [0.5, 0.6) is 0 Å². The summed E-state index contributed by atoms with van der Waals surface area (Å²) < 4.78 is 30.7. The van der Waals surface area contributed by atoms with E-state index in [4.69, 9.17) is 4.74 Å².